The minimum atomic E-state index is 0.133. The van der Waals surface area contributed by atoms with Crippen molar-refractivity contribution >= 4 is 16.9 Å². The minimum Gasteiger partial charge on any atom is -0.494 e. The fraction of sp³-hybridized carbons (Fsp3) is 0.394. The second-order valence-electron chi connectivity index (χ2n) is 10.2. The summed E-state index contributed by atoms with van der Waals surface area (Å²) in [5.41, 5.74) is 4.78. The first-order valence-corrected chi connectivity index (χ1v) is 14.1. The molecule has 4 aromatic rings. The van der Waals surface area contributed by atoms with Crippen molar-refractivity contribution in [1.82, 2.24) is 14.9 Å². The van der Waals surface area contributed by atoms with Crippen molar-refractivity contribution in [3.8, 4) is 5.75 Å². The highest BCUT2D eigenvalue weighted by Crippen LogP contribution is 2.20. The van der Waals surface area contributed by atoms with Gasteiger partial charge in [0.05, 0.1) is 17.6 Å². The number of imidazole rings is 1. The number of hydrogen-bond donors (Lipinski definition) is 1. The van der Waals surface area contributed by atoms with E-state index >= 15 is 0 Å². The second kappa shape index (κ2) is 14.4. The Balaban J connectivity index is 1.19. The molecule has 0 aliphatic carbocycles. The van der Waals surface area contributed by atoms with E-state index in [0.29, 0.717) is 18.9 Å². The van der Waals surface area contributed by atoms with Crippen molar-refractivity contribution < 1.29 is 9.53 Å². The highest BCUT2D eigenvalue weighted by molar-refractivity contribution is 5.76. The fourth-order valence-electron chi connectivity index (χ4n) is 4.73. The topological polar surface area (TPSA) is 56.1 Å². The third-order valence-electron chi connectivity index (χ3n) is 6.96. The molecule has 1 N–H and O–H groups in total. The Morgan fingerprint density at radius 1 is 0.868 bits per heavy atom. The van der Waals surface area contributed by atoms with Crippen LogP contribution in [0.5, 0.6) is 5.75 Å². The number of hydrogen-bond acceptors (Lipinski definition) is 3. The summed E-state index contributed by atoms with van der Waals surface area (Å²) in [7, 11) is 0. The molecule has 4 rings (SSSR count). The summed E-state index contributed by atoms with van der Waals surface area (Å²) in [6.07, 6.45) is 6.31. The first kappa shape index (κ1) is 27.4. The van der Waals surface area contributed by atoms with Gasteiger partial charge in [-0.05, 0) is 67.0 Å². The number of aromatic nitrogens is 2. The van der Waals surface area contributed by atoms with Gasteiger partial charge in [-0.2, -0.15) is 0 Å². The van der Waals surface area contributed by atoms with E-state index in [-0.39, 0.29) is 5.91 Å². The number of para-hydroxylation sites is 2. The average molecular weight is 512 g/mol. The third-order valence-corrected chi connectivity index (χ3v) is 6.96. The van der Waals surface area contributed by atoms with E-state index in [1.807, 2.05) is 24.3 Å². The molecule has 0 saturated carbocycles. The predicted molar refractivity (Wildman–Crippen MR) is 156 cm³/mol. The lowest BCUT2D eigenvalue weighted by Crippen LogP contribution is -2.24. The van der Waals surface area contributed by atoms with Crippen LogP contribution in [0.3, 0.4) is 0 Å². The lowest BCUT2D eigenvalue weighted by atomic mass is 10.0. The molecule has 0 saturated heterocycles. The standard InChI is InChI=1S/C33H41N3O2/c1-26(2)28-18-20-29(21-19-28)38-25-11-24-36-31-15-9-8-14-30(31)35-32(36)16-7-4-10-23-34-33(37)22-17-27-12-5-3-6-13-27/h3,5-6,8-9,12-15,18-21,26H,4,7,10-11,16-17,22-25H2,1-2H3,(H,34,37). The normalized spacial score (nSPS) is 11.2. The van der Waals surface area contributed by atoms with E-state index in [9.17, 15) is 4.79 Å². The quantitative estimate of drug-likeness (QED) is 0.173. The predicted octanol–water partition coefficient (Wildman–Crippen LogP) is 7.09. The van der Waals surface area contributed by atoms with Gasteiger partial charge in [0.15, 0.2) is 0 Å². The highest BCUT2D eigenvalue weighted by atomic mass is 16.5. The van der Waals surface area contributed by atoms with Gasteiger partial charge in [0.1, 0.15) is 11.6 Å². The molecule has 0 spiro atoms. The Hall–Kier alpha value is -3.60. The molecule has 1 heterocycles. The molecule has 3 aromatic carbocycles. The van der Waals surface area contributed by atoms with Crippen LogP contribution in [0.4, 0.5) is 0 Å². The zero-order valence-corrected chi connectivity index (χ0v) is 22.9. The van der Waals surface area contributed by atoms with Crippen LogP contribution in [-0.2, 0) is 24.2 Å². The molecule has 1 amide bonds. The average Bonchev–Trinajstić information content (AvgIpc) is 3.30. The number of nitrogens with one attached hydrogen (secondary N) is 1. The largest absolute Gasteiger partial charge is 0.494 e. The SMILES string of the molecule is CC(C)c1ccc(OCCCn2c(CCCCCNC(=O)CCc3ccccc3)nc3ccccc32)cc1. The monoisotopic (exact) mass is 511 g/mol. The Bertz CT molecular complexity index is 1260. The van der Waals surface area contributed by atoms with Crippen molar-refractivity contribution in [2.75, 3.05) is 13.2 Å². The van der Waals surface area contributed by atoms with E-state index in [1.54, 1.807) is 0 Å². The summed E-state index contributed by atoms with van der Waals surface area (Å²) in [6, 6.07) is 27.0. The summed E-state index contributed by atoms with van der Waals surface area (Å²) in [5, 5.41) is 3.07. The minimum absolute atomic E-state index is 0.133. The van der Waals surface area contributed by atoms with Crippen LogP contribution in [0.15, 0.2) is 78.9 Å². The molecule has 0 aliphatic heterocycles. The van der Waals surface area contributed by atoms with Crippen molar-refractivity contribution in [2.24, 2.45) is 0 Å². The van der Waals surface area contributed by atoms with Gasteiger partial charge in [0.25, 0.3) is 0 Å². The Kier molecular flexibility index (Phi) is 10.4. The number of carbonyl (C=O) groups is 1. The van der Waals surface area contributed by atoms with Gasteiger partial charge in [0.2, 0.25) is 5.91 Å². The molecule has 0 bridgehead atoms. The number of carbonyl (C=O) groups excluding carboxylic acids is 1. The molecule has 0 radical (unpaired) electrons. The molecule has 200 valence electrons. The van der Waals surface area contributed by atoms with Gasteiger partial charge in [0, 0.05) is 25.9 Å². The molecule has 5 heteroatoms. The van der Waals surface area contributed by atoms with Crippen LogP contribution in [0, 0.1) is 0 Å². The van der Waals surface area contributed by atoms with Crippen LogP contribution in [0.1, 0.15) is 68.8 Å². The number of rotatable bonds is 15. The van der Waals surface area contributed by atoms with E-state index in [1.165, 1.54) is 16.6 Å². The molecular formula is C33H41N3O2. The maximum atomic E-state index is 12.1. The fourth-order valence-corrected chi connectivity index (χ4v) is 4.73. The van der Waals surface area contributed by atoms with Crippen LogP contribution in [0.2, 0.25) is 0 Å². The molecule has 1 aromatic heterocycles. The number of fused-ring (bicyclic) bond motifs is 1. The van der Waals surface area contributed by atoms with Gasteiger partial charge >= 0.3 is 0 Å². The van der Waals surface area contributed by atoms with Crippen LogP contribution in [0.25, 0.3) is 11.0 Å². The number of ether oxygens (including phenoxy) is 1. The first-order valence-electron chi connectivity index (χ1n) is 14.1. The van der Waals surface area contributed by atoms with Crippen molar-refractivity contribution in [3.05, 3.63) is 95.8 Å². The van der Waals surface area contributed by atoms with Gasteiger partial charge in [-0.15, -0.1) is 0 Å². The van der Waals surface area contributed by atoms with E-state index < -0.39 is 0 Å². The Labute approximate surface area is 227 Å². The molecule has 0 unspecified atom stereocenters. The maximum absolute atomic E-state index is 12.1. The first-order chi connectivity index (χ1) is 18.6. The lowest BCUT2D eigenvalue weighted by Gasteiger charge is -2.11. The molecule has 5 nitrogen and oxygen atoms in total. The number of amides is 1. The van der Waals surface area contributed by atoms with Crippen LogP contribution < -0.4 is 10.1 Å². The molecule has 0 aliphatic rings. The molecule has 0 atom stereocenters. The molecule has 0 fully saturated rings. The summed E-state index contributed by atoms with van der Waals surface area (Å²) >= 11 is 0. The number of unbranched alkanes of at least 4 members (excludes halogenated alkanes) is 2. The van der Waals surface area contributed by atoms with Gasteiger partial charge < -0.3 is 14.6 Å². The summed E-state index contributed by atoms with van der Waals surface area (Å²) in [6.45, 7) is 6.71. The van der Waals surface area contributed by atoms with Crippen molar-refractivity contribution in [3.63, 3.8) is 0 Å². The number of aryl methyl sites for hydroxylation is 3. The van der Waals surface area contributed by atoms with Crippen LogP contribution >= 0.6 is 0 Å². The van der Waals surface area contributed by atoms with E-state index in [0.717, 1.165) is 68.7 Å². The lowest BCUT2D eigenvalue weighted by molar-refractivity contribution is -0.121. The van der Waals surface area contributed by atoms with Gasteiger partial charge in [-0.1, -0.05) is 74.9 Å². The molecule has 38 heavy (non-hydrogen) atoms. The molecular weight excluding hydrogens is 470 g/mol. The third kappa shape index (κ3) is 8.20. The van der Waals surface area contributed by atoms with E-state index in [2.05, 4.69) is 78.3 Å². The second-order valence-corrected chi connectivity index (χ2v) is 10.2. The van der Waals surface area contributed by atoms with Crippen molar-refractivity contribution in [2.45, 2.75) is 71.3 Å². The smallest absolute Gasteiger partial charge is 0.220 e. The summed E-state index contributed by atoms with van der Waals surface area (Å²) < 4.78 is 8.36. The van der Waals surface area contributed by atoms with Crippen molar-refractivity contribution in [1.29, 1.82) is 0 Å². The summed E-state index contributed by atoms with van der Waals surface area (Å²) in [5.74, 6) is 2.73. The van der Waals surface area contributed by atoms with Crippen LogP contribution in [-0.4, -0.2) is 28.6 Å². The zero-order chi connectivity index (χ0) is 26.6. The number of benzene rings is 3. The van der Waals surface area contributed by atoms with Gasteiger partial charge in [-0.25, -0.2) is 4.98 Å². The Morgan fingerprint density at radius 3 is 2.42 bits per heavy atom. The Morgan fingerprint density at radius 2 is 1.63 bits per heavy atom. The number of nitrogens with zero attached hydrogens (tertiary/aromatic N) is 2. The zero-order valence-electron chi connectivity index (χ0n) is 22.9. The van der Waals surface area contributed by atoms with E-state index in [4.69, 9.17) is 9.72 Å². The van der Waals surface area contributed by atoms with Gasteiger partial charge in [-0.3, -0.25) is 4.79 Å². The maximum Gasteiger partial charge on any atom is 0.220 e. The highest BCUT2D eigenvalue weighted by Gasteiger charge is 2.10. The summed E-state index contributed by atoms with van der Waals surface area (Å²) in [4.78, 5) is 17.1.